The van der Waals surface area contributed by atoms with E-state index in [4.69, 9.17) is 11.6 Å². The highest BCUT2D eigenvalue weighted by molar-refractivity contribution is 6.34. The molecule has 4 aromatic rings. The zero-order valence-corrected chi connectivity index (χ0v) is 13.2. The topological polar surface area (TPSA) is 72.7 Å². The molecule has 0 atom stereocenters. The number of fused-ring (bicyclic) bond motifs is 2. The Labute approximate surface area is 142 Å². The van der Waals surface area contributed by atoms with E-state index in [2.05, 4.69) is 20.4 Å². The van der Waals surface area contributed by atoms with Crippen molar-refractivity contribution in [1.82, 2.24) is 19.7 Å². The number of carbonyl (C=O) groups excluding carboxylic acids is 1. The second-order valence-corrected chi connectivity index (χ2v) is 5.68. The number of rotatable bonds is 3. The van der Waals surface area contributed by atoms with Gasteiger partial charge in [-0.25, -0.2) is 9.97 Å². The van der Waals surface area contributed by atoms with Crippen molar-refractivity contribution in [2.75, 3.05) is 5.32 Å². The van der Waals surface area contributed by atoms with Crippen molar-refractivity contribution in [2.45, 2.75) is 6.54 Å². The number of aromatic nitrogens is 4. The van der Waals surface area contributed by atoms with Gasteiger partial charge in [0, 0.05) is 5.39 Å². The lowest BCUT2D eigenvalue weighted by Gasteiger charge is -2.07. The summed E-state index contributed by atoms with van der Waals surface area (Å²) in [5, 5.41) is 8.50. The number of nitrogens with one attached hydrogen (secondary N) is 1. The Hall–Kier alpha value is -2.99. The van der Waals surface area contributed by atoms with E-state index in [0.717, 1.165) is 10.9 Å². The molecule has 0 spiro atoms. The number of benzene rings is 2. The van der Waals surface area contributed by atoms with E-state index in [1.54, 1.807) is 29.1 Å². The fraction of sp³-hybridized carbons (Fsp3) is 0.0588. The molecule has 2 aromatic carbocycles. The molecule has 0 unspecified atom stereocenters. The molecule has 1 amide bonds. The molecular weight excluding hydrogens is 326 g/mol. The van der Waals surface area contributed by atoms with Gasteiger partial charge in [0.25, 0.3) is 0 Å². The van der Waals surface area contributed by atoms with E-state index in [1.807, 2.05) is 24.3 Å². The van der Waals surface area contributed by atoms with Gasteiger partial charge in [-0.1, -0.05) is 35.9 Å². The summed E-state index contributed by atoms with van der Waals surface area (Å²) in [5.41, 5.74) is 2.14. The third kappa shape index (κ3) is 2.68. The van der Waals surface area contributed by atoms with Gasteiger partial charge in [-0.2, -0.15) is 5.10 Å². The Balaban J connectivity index is 1.56. The van der Waals surface area contributed by atoms with Gasteiger partial charge in [-0.3, -0.25) is 9.48 Å². The van der Waals surface area contributed by atoms with Gasteiger partial charge in [0.1, 0.15) is 12.1 Å². The maximum Gasteiger partial charge on any atom is 0.247 e. The Kier molecular flexibility index (Phi) is 3.59. The maximum atomic E-state index is 12.3. The van der Waals surface area contributed by atoms with E-state index in [9.17, 15) is 4.79 Å². The number of halogens is 1. The zero-order chi connectivity index (χ0) is 16.5. The quantitative estimate of drug-likeness (QED) is 0.622. The number of anilines is 1. The summed E-state index contributed by atoms with van der Waals surface area (Å²) in [5.74, 6) is 0.158. The van der Waals surface area contributed by atoms with Crippen LogP contribution in [0.15, 0.2) is 54.9 Å². The van der Waals surface area contributed by atoms with Crippen molar-refractivity contribution in [2.24, 2.45) is 0 Å². The Morgan fingerprint density at radius 3 is 2.92 bits per heavy atom. The Morgan fingerprint density at radius 2 is 2.00 bits per heavy atom. The van der Waals surface area contributed by atoms with Crippen LogP contribution in [0.3, 0.4) is 0 Å². The molecule has 2 heterocycles. The van der Waals surface area contributed by atoms with Crippen LogP contribution in [0.5, 0.6) is 0 Å². The molecule has 4 rings (SSSR count). The third-order valence-electron chi connectivity index (χ3n) is 3.63. The standard InChI is InChI=1S/C17H12ClN5O/c18-12-5-3-6-13-17(12)19-9-15(21-13)22-16(24)10-23-14-7-2-1-4-11(14)8-20-23/h1-9H,10H2,(H,21,22,24). The molecule has 118 valence electrons. The highest BCUT2D eigenvalue weighted by Crippen LogP contribution is 2.20. The van der Waals surface area contributed by atoms with E-state index in [0.29, 0.717) is 21.9 Å². The normalized spacial score (nSPS) is 11.0. The number of hydrogen-bond acceptors (Lipinski definition) is 4. The lowest BCUT2D eigenvalue weighted by molar-refractivity contribution is -0.116. The maximum absolute atomic E-state index is 12.3. The first-order valence-corrected chi connectivity index (χ1v) is 7.70. The largest absolute Gasteiger partial charge is 0.308 e. The first kappa shape index (κ1) is 14.6. The molecule has 0 saturated heterocycles. The molecule has 0 fully saturated rings. The van der Waals surface area contributed by atoms with Crippen LogP contribution >= 0.6 is 11.6 Å². The third-order valence-corrected chi connectivity index (χ3v) is 3.94. The summed E-state index contributed by atoms with van der Waals surface area (Å²) in [6, 6.07) is 13.1. The summed E-state index contributed by atoms with van der Waals surface area (Å²) < 4.78 is 1.65. The van der Waals surface area contributed by atoms with Crippen LogP contribution in [0, 0.1) is 0 Å². The predicted molar refractivity (Wildman–Crippen MR) is 92.9 cm³/mol. The zero-order valence-electron chi connectivity index (χ0n) is 12.5. The van der Waals surface area contributed by atoms with E-state index in [1.165, 1.54) is 6.20 Å². The summed E-state index contributed by atoms with van der Waals surface area (Å²) in [6.07, 6.45) is 3.23. The number of carbonyl (C=O) groups is 1. The predicted octanol–water partition coefficient (Wildman–Crippen LogP) is 3.27. The summed E-state index contributed by atoms with van der Waals surface area (Å²) in [7, 11) is 0. The molecule has 6 nitrogen and oxygen atoms in total. The van der Waals surface area contributed by atoms with Crippen LogP contribution in [-0.4, -0.2) is 25.7 Å². The molecule has 24 heavy (non-hydrogen) atoms. The number of nitrogens with zero attached hydrogens (tertiary/aromatic N) is 4. The number of hydrogen-bond donors (Lipinski definition) is 1. The fourth-order valence-electron chi connectivity index (χ4n) is 2.54. The minimum absolute atomic E-state index is 0.1000. The molecule has 1 N–H and O–H groups in total. The van der Waals surface area contributed by atoms with Crippen LogP contribution in [0.2, 0.25) is 5.02 Å². The number of para-hydroxylation sites is 2. The molecule has 7 heteroatoms. The average molecular weight is 338 g/mol. The smallest absolute Gasteiger partial charge is 0.247 e. The summed E-state index contributed by atoms with van der Waals surface area (Å²) in [6.45, 7) is 0.1000. The molecule has 0 aliphatic carbocycles. The highest BCUT2D eigenvalue weighted by atomic mass is 35.5. The van der Waals surface area contributed by atoms with Crippen LogP contribution in [0.25, 0.3) is 21.9 Å². The van der Waals surface area contributed by atoms with Crippen LogP contribution in [-0.2, 0) is 11.3 Å². The van der Waals surface area contributed by atoms with Gasteiger partial charge in [0.15, 0.2) is 5.82 Å². The van der Waals surface area contributed by atoms with Crippen LogP contribution in [0.4, 0.5) is 5.82 Å². The van der Waals surface area contributed by atoms with Gasteiger partial charge < -0.3 is 5.32 Å². The second kappa shape index (κ2) is 5.90. The first-order chi connectivity index (χ1) is 11.7. The SMILES string of the molecule is O=C(Cn1ncc2ccccc21)Nc1cnc2c(Cl)cccc2n1. The Bertz CT molecular complexity index is 1060. The molecule has 0 saturated carbocycles. The highest BCUT2D eigenvalue weighted by Gasteiger charge is 2.09. The van der Waals surface area contributed by atoms with Gasteiger partial charge in [-0.15, -0.1) is 0 Å². The molecule has 0 bridgehead atoms. The minimum atomic E-state index is -0.223. The van der Waals surface area contributed by atoms with Crippen molar-refractivity contribution in [3.63, 3.8) is 0 Å². The average Bonchev–Trinajstić information content (AvgIpc) is 2.98. The van der Waals surface area contributed by atoms with E-state index >= 15 is 0 Å². The van der Waals surface area contributed by atoms with Gasteiger partial charge >= 0.3 is 0 Å². The van der Waals surface area contributed by atoms with Crippen LogP contribution in [0.1, 0.15) is 0 Å². The molecule has 0 radical (unpaired) electrons. The van der Waals surface area contributed by atoms with Crippen molar-refractivity contribution in [3.05, 3.63) is 59.9 Å². The second-order valence-electron chi connectivity index (χ2n) is 5.27. The van der Waals surface area contributed by atoms with E-state index in [-0.39, 0.29) is 12.5 Å². The van der Waals surface area contributed by atoms with Crippen LogP contribution < -0.4 is 5.32 Å². The fourth-order valence-corrected chi connectivity index (χ4v) is 2.76. The molecule has 0 aliphatic rings. The minimum Gasteiger partial charge on any atom is -0.308 e. The number of amides is 1. The first-order valence-electron chi connectivity index (χ1n) is 7.32. The molecule has 0 aliphatic heterocycles. The van der Waals surface area contributed by atoms with Crippen molar-refractivity contribution in [3.8, 4) is 0 Å². The Morgan fingerprint density at radius 1 is 1.12 bits per heavy atom. The molecule has 2 aromatic heterocycles. The van der Waals surface area contributed by atoms with Crippen molar-refractivity contribution in [1.29, 1.82) is 0 Å². The lowest BCUT2D eigenvalue weighted by Crippen LogP contribution is -2.20. The van der Waals surface area contributed by atoms with Crippen molar-refractivity contribution >= 4 is 45.3 Å². The van der Waals surface area contributed by atoms with Gasteiger partial charge in [0.05, 0.1) is 28.4 Å². The van der Waals surface area contributed by atoms with E-state index < -0.39 is 0 Å². The summed E-state index contributed by atoms with van der Waals surface area (Å²) in [4.78, 5) is 20.9. The summed E-state index contributed by atoms with van der Waals surface area (Å²) >= 11 is 6.06. The monoisotopic (exact) mass is 337 g/mol. The van der Waals surface area contributed by atoms with Gasteiger partial charge in [0.2, 0.25) is 5.91 Å². The van der Waals surface area contributed by atoms with Crippen molar-refractivity contribution < 1.29 is 4.79 Å². The lowest BCUT2D eigenvalue weighted by atomic mass is 10.2. The van der Waals surface area contributed by atoms with Gasteiger partial charge in [-0.05, 0) is 18.2 Å². The molecular formula is C17H12ClN5O.